The van der Waals surface area contributed by atoms with E-state index >= 15 is 0 Å². The summed E-state index contributed by atoms with van der Waals surface area (Å²) in [6.45, 7) is 2.50. The molecule has 3 heterocycles. The fourth-order valence-corrected chi connectivity index (χ4v) is 3.79. The first-order valence-corrected chi connectivity index (χ1v) is 10.2. The molecule has 2 aliphatic rings. The van der Waals surface area contributed by atoms with Crippen molar-refractivity contribution in [3.8, 4) is 23.0 Å². The van der Waals surface area contributed by atoms with Gasteiger partial charge in [-0.05, 0) is 43.5 Å². The lowest BCUT2D eigenvalue weighted by Gasteiger charge is -2.16. The van der Waals surface area contributed by atoms with E-state index in [2.05, 4.69) is 26.7 Å². The molecular formula is C22H24N4O4. The Labute approximate surface area is 174 Å². The predicted molar refractivity (Wildman–Crippen MR) is 113 cm³/mol. The molecule has 0 saturated heterocycles. The van der Waals surface area contributed by atoms with Gasteiger partial charge in [0.05, 0.1) is 24.9 Å². The molecule has 0 saturated carbocycles. The van der Waals surface area contributed by atoms with E-state index in [1.54, 1.807) is 7.11 Å². The summed E-state index contributed by atoms with van der Waals surface area (Å²) >= 11 is 0. The zero-order valence-corrected chi connectivity index (χ0v) is 16.9. The summed E-state index contributed by atoms with van der Waals surface area (Å²) in [6, 6.07) is 7.83. The van der Waals surface area contributed by atoms with Gasteiger partial charge in [-0.2, -0.15) is 0 Å². The van der Waals surface area contributed by atoms with Crippen LogP contribution in [-0.2, 0) is 6.54 Å². The summed E-state index contributed by atoms with van der Waals surface area (Å²) in [4.78, 5) is 8.92. The fourth-order valence-electron chi connectivity index (χ4n) is 3.79. The van der Waals surface area contributed by atoms with Crippen molar-refractivity contribution in [2.75, 3.05) is 32.4 Å². The molecule has 8 nitrogen and oxygen atoms in total. The number of nitrogens with zero attached hydrogens (tertiary/aromatic N) is 2. The maximum absolute atomic E-state index is 6.04. The Morgan fingerprint density at radius 3 is 2.90 bits per heavy atom. The lowest BCUT2D eigenvalue weighted by molar-refractivity contribution is 0.174. The van der Waals surface area contributed by atoms with Crippen LogP contribution in [0.3, 0.4) is 0 Å². The van der Waals surface area contributed by atoms with E-state index in [4.69, 9.17) is 18.9 Å². The third kappa shape index (κ3) is 3.54. The van der Waals surface area contributed by atoms with Crippen LogP contribution in [0.5, 0.6) is 23.0 Å². The van der Waals surface area contributed by atoms with Crippen LogP contribution in [0.15, 0.2) is 30.6 Å². The third-order valence-electron chi connectivity index (χ3n) is 5.36. The molecule has 1 aromatic heterocycles. The normalized spacial score (nSPS) is 16.2. The molecule has 0 fully saturated rings. The van der Waals surface area contributed by atoms with Gasteiger partial charge < -0.3 is 29.6 Å². The van der Waals surface area contributed by atoms with E-state index in [-0.39, 0.29) is 6.79 Å². The molecule has 2 bridgehead atoms. The summed E-state index contributed by atoms with van der Waals surface area (Å²) in [5.74, 6) is 3.45. The van der Waals surface area contributed by atoms with Crippen LogP contribution in [0.1, 0.15) is 24.8 Å². The van der Waals surface area contributed by atoms with Gasteiger partial charge in [0.25, 0.3) is 0 Å². The second-order valence-corrected chi connectivity index (χ2v) is 7.29. The van der Waals surface area contributed by atoms with Gasteiger partial charge in [0.15, 0.2) is 23.0 Å². The highest BCUT2D eigenvalue weighted by Crippen LogP contribution is 2.44. The third-order valence-corrected chi connectivity index (χ3v) is 5.36. The number of rotatable bonds is 1. The first-order chi connectivity index (χ1) is 14.8. The fraction of sp³-hybridized carbons (Fsp3) is 0.364. The molecule has 5 rings (SSSR count). The van der Waals surface area contributed by atoms with Crippen molar-refractivity contribution in [2.24, 2.45) is 0 Å². The number of ether oxygens (including phenoxy) is 4. The minimum Gasteiger partial charge on any atom is -0.493 e. The Bertz CT molecular complexity index is 1070. The van der Waals surface area contributed by atoms with Crippen molar-refractivity contribution in [1.82, 2.24) is 15.3 Å². The average Bonchev–Trinajstić information content (AvgIpc) is 3.25. The van der Waals surface area contributed by atoms with E-state index in [1.807, 2.05) is 18.2 Å². The standard InChI is InChI=1S/C22H24N4O4/c1-27-18-10-16-15-9-19(18)28-8-4-2-3-7-23-11-14-5-6-17-21(30-13-29-17)20(14)26-22(15)25-12-24-16/h5-6,9-10,12,23H,2-4,7-8,11,13H2,1H3,(H,24,25,26). The van der Waals surface area contributed by atoms with E-state index in [1.165, 1.54) is 6.33 Å². The maximum Gasteiger partial charge on any atom is 0.231 e. The van der Waals surface area contributed by atoms with Crippen LogP contribution in [0.4, 0.5) is 11.5 Å². The van der Waals surface area contributed by atoms with Crippen molar-refractivity contribution in [3.63, 3.8) is 0 Å². The molecule has 2 aromatic carbocycles. The molecule has 0 spiro atoms. The summed E-state index contributed by atoms with van der Waals surface area (Å²) in [7, 11) is 1.64. The second-order valence-electron chi connectivity index (χ2n) is 7.29. The highest BCUT2D eigenvalue weighted by molar-refractivity contribution is 5.94. The highest BCUT2D eigenvalue weighted by atomic mass is 16.7. The smallest absolute Gasteiger partial charge is 0.231 e. The topological polar surface area (TPSA) is 86.8 Å². The number of hydrogen-bond acceptors (Lipinski definition) is 8. The molecule has 0 unspecified atom stereocenters. The summed E-state index contributed by atoms with van der Waals surface area (Å²) in [5.41, 5.74) is 2.71. The SMILES string of the molecule is COc1cc2ncnc3c2cc1OCCCCCNCc1ccc2c(c1N3)OCO2. The highest BCUT2D eigenvalue weighted by Gasteiger charge is 2.22. The van der Waals surface area contributed by atoms with Crippen molar-refractivity contribution in [2.45, 2.75) is 25.8 Å². The number of aromatic nitrogens is 2. The number of fused-ring (bicyclic) bond motifs is 4. The van der Waals surface area contributed by atoms with Crippen LogP contribution >= 0.6 is 0 Å². The molecule has 0 radical (unpaired) electrons. The van der Waals surface area contributed by atoms with Crippen molar-refractivity contribution in [1.29, 1.82) is 0 Å². The number of nitrogens with one attached hydrogen (secondary N) is 2. The Hall–Kier alpha value is -3.26. The molecule has 0 atom stereocenters. The molecule has 3 aromatic rings. The summed E-state index contributed by atoms with van der Waals surface area (Å²) in [5, 5.41) is 7.84. The van der Waals surface area contributed by atoms with Gasteiger partial charge in [-0.3, -0.25) is 0 Å². The lowest BCUT2D eigenvalue weighted by Crippen LogP contribution is -2.16. The lowest BCUT2D eigenvalue weighted by atomic mass is 10.1. The Morgan fingerprint density at radius 2 is 1.97 bits per heavy atom. The van der Waals surface area contributed by atoms with Gasteiger partial charge in [-0.25, -0.2) is 9.97 Å². The van der Waals surface area contributed by atoms with Crippen LogP contribution in [-0.4, -0.2) is 37.0 Å². The second kappa shape index (κ2) is 8.23. The molecule has 0 aliphatic carbocycles. The maximum atomic E-state index is 6.04. The van der Waals surface area contributed by atoms with Crippen LogP contribution in [0.2, 0.25) is 0 Å². The minimum atomic E-state index is 0.209. The molecule has 0 amide bonds. The van der Waals surface area contributed by atoms with Crippen molar-refractivity contribution < 1.29 is 18.9 Å². The summed E-state index contributed by atoms with van der Waals surface area (Å²) in [6.07, 6.45) is 4.69. The van der Waals surface area contributed by atoms with Gasteiger partial charge >= 0.3 is 0 Å². The van der Waals surface area contributed by atoms with Crippen LogP contribution < -0.4 is 29.6 Å². The van der Waals surface area contributed by atoms with Gasteiger partial charge in [-0.1, -0.05) is 6.07 Å². The Balaban J connectivity index is 1.64. The van der Waals surface area contributed by atoms with Gasteiger partial charge in [0, 0.05) is 18.0 Å². The van der Waals surface area contributed by atoms with Gasteiger partial charge in [0.1, 0.15) is 12.1 Å². The van der Waals surface area contributed by atoms with E-state index < -0.39 is 0 Å². The van der Waals surface area contributed by atoms with E-state index in [0.717, 1.165) is 60.3 Å². The minimum absolute atomic E-state index is 0.209. The molecule has 30 heavy (non-hydrogen) atoms. The van der Waals surface area contributed by atoms with Crippen LogP contribution in [0, 0.1) is 0 Å². The number of hydrogen-bond donors (Lipinski definition) is 2. The van der Waals surface area contributed by atoms with Gasteiger partial charge in [-0.15, -0.1) is 0 Å². The zero-order valence-electron chi connectivity index (χ0n) is 16.9. The molecule has 2 N–H and O–H groups in total. The molecule has 2 aliphatic heterocycles. The van der Waals surface area contributed by atoms with Crippen molar-refractivity contribution >= 4 is 22.4 Å². The zero-order chi connectivity index (χ0) is 20.3. The first-order valence-electron chi connectivity index (χ1n) is 10.2. The number of methoxy groups -OCH3 is 1. The molecule has 156 valence electrons. The largest absolute Gasteiger partial charge is 0.493 e. The van der Waals surface area contributed by atoms with Crippen molar-refractivity contribution in [3.05, 3.63) is 36.2 Å². The summed E-state index contributed by atoms with van der Waals surface area (Å²) < 4.78 is 22.9. The predicted octanol–water partition coefficient (Wildman–Crippen LogP) is 3.76. The van der Waals surface area contributed by atoms with Gasteiger partial charge in [0.2, 0.25) is 6.79 Å². The molecule has 8 heteroatoms. The average molecular weight is 408 g/mol. The number of benzene rings is 2. The van der Waals surface area contributed by atoms with E-state index in [9.17, 15) is 0 Å². The monoisotopic (exact) mass is 408 g/mol. The quantitative estimate of drug-likeness (QED) is 0.629. The van der Waals surface area contributed by atoms with Crippen LogP contribution in [0.25, 0.3) is 10.9 Å². The molecular weight excluding hydrogens is 384 g/mol. The number of anilines is 2. The Morgan fingerprint density at radius 1 is 1.00 bits per heavy atom. The first kappa shape index (κ1) is 18.7. The Kier molecular flexibility index (Phi) is 5.15. The van der Waals surface area contributed by atoms with E-state index in [0.29, 0.717) is 29.7 Å².